The van der Waals surface area contributed by atoms with Crippen LogP contribution in [0.2, 0.25) is 0 Å². The van der Waals surface area contributed by atoms with Gasteiger partial charge in [-0.2, -0.15) is 13.2 Å². The quantitative estimate of drug-likeness (QED) is 0.222. The minimum atomic E-state index is -4.42. The van der Waals surface area contributed by atoms with Gasteiger partial charge >= 0.3 is 18.2 Å². The Morgan fingerprint density at radius 3 is 2.13 bits per heavy atom. The first-order valence-electron chi connectivity index (χ1n) is 15.4. The van der Waals surface area contributed by atoms with Crippen molar-refractivity contribution in [3.63, 3.8) is 0 Å². The molecule has 6 nitrogen and oxygen atoms in total. The van der Waals surface area contributed by atoms with Crippen LogP contribution in [0.1, 0.15) is 68.4 Å². The lowest BCUT2D eigenvalue weighted by molar-refractivity contribution is -0.137. The second-order valence-electron chi connectivity index (χ2n) is 12.7. The first kappa shape index (κ1) is 33.0. The van der Waals surface area contributed by atoms with Gasteiger partial charge in [0, 0.05) is 13.1 Å². The van der Waals surface area contributed by atoms with Crippen molar-refractivity contribution < 1.29 is 37.3 Å². The number of likely N-dealkylation sites (tertiary alicyclic amines) is 1. The number of carbonyl (C=O) groups excluding carboxylic acids is 2. The smallest absolute Gasteiger partial charge is 0.416 e. The van der Waals surface area contributed by atoms with Crippen molar-refractivity contribution in [2.24, 2.45) is 0 Å². The monoisotopic (exact) mass is 633 g/mol. The molecular weight excluding hydrogens is 595 g/mol. The van der Waals surface area contributed by atoms with Gasteiger partial charge in [0.2, 0.25) is 0 Å². The fraction of sp³-hybridized carbons (Fsp3) is 0.351. The number of carbonyl (C=O) groups is 2. The topological polar surface area (TPSA) is 76.1 Å². The predicted molar refractivity (Wildman–Crippen MR) is 171 cm³/mol. The van der Waals surface area contributed by atoms with E-state index in [9.17, 15) is 27.9 Å². The van der Waals surface area contributed by atoms with E-state index in [0.717, 1.165) is 39.6 Å². The highest BCUT2D eigenvalue weighted by Gasteiger charge is 2.34. The number of fused-ring (bicyclic) bond motifs is 1. The summed E-state index contributed by atoms with van der Waals surface area (Å²) in [6.45, 7) is 8.26. The van der Waals surface area contributed by atoms with E-state index >= 15 is 0 Å². The summed E-state index contributed by atoms with van der Waals surface area (Å²) in [5.41, 5.74) is 1.55. The normalized spacial score (nSPS) is 17.4. The highest BCUT2D eigenvalue weighted by molar-refractivity contribution is 6.04. The molecule has 9 heteroatoms. The van der Waals surface area contributed by atoms with Crippen LogP contribution in [0, 0.1) is 0 Å². The first-order chi connectivity index (χ1) is 21.7. The van der Waals surface area contributed by atoms with Gasteiger partial charge in [0.05, 0.1) is 23.3 Å². The summed E-state index contributed by atoms with van der Waals surface area (Å²) in [5.74, 6) is -0.482. The molecule has 0 saturated carbocycles. The minimum Gasteiger partial charge on any atom is -0.462 e. The van der Waals surface area contributed by atoms with E-state index < -0.39 is 28.9 Å². The molecule has 1 heterocycles. The summed E-state index contributed by atoms with van der Waals surface area (Å²) < 4.78 is 50.1. The predicted octanol–water partition coefficient (Wildman–Crippen LogP) is 8.98. The zero-order chi connectivity index (χ0) is 33.3. The van der Waals surface area contributed by atoms with Crippen molar-refractivity contribution in [2.75, 3.05) is 19.7 Å². The van der Waals surface area contributed by atoms with Crippen molar-refractivity contribution >= 4 is 22.8 Å². The minimum absolute atomic E-state index is 0.205. The van der Waals surface area contributed by atoms with Gasteiger partial charge in [-0.25, -0.2) is 9.59 Å². The molecule has 5 rings (SSSR count). The number of aliphatic hydroxyl groups is 1. The van der Waals surface area contributed by atoms with Gasteiger partial charge in [-0.1, -0.05) is 48.5 Å². The first-order valence-corrected chi connectivity index (χ1v) is 15.4. The molecule has 4 aromatic carbocycles. The molecule has 1 atom stereocenters. The number of amides is 1. The molecule has 46 heavy (non-hydrogen) atoms. The Morgan fingerprint density at radius 2 is 1.50 bits per heavy atom. The van der Waals surface area contributed by atoms with Gasteiger partial charge in [-0.15, -0.1) is 0 Å². The molecule has 1 saturated heterocycles. The van der Waals surface area contributed by atoms with Gasteiger partial charge < -0.3 is 19.5 Å². The lowest BCUT2D eigenvalue weighted by Gasteiger charge is -2.29. The summed E-state index contributed by atoms with van der Waals surface area (Å²) in [6, 6.07) is 21.6. The van der Waals surface area contributed by atoms with E-state index in [-0.39, 0.29) is 12.7 Å². The maximum Gasteiger partial charge on any atom is 0.416 e. The molecule has 0 radical (unpaired) electrons. The van der Waals surface area contributed by atoms with Crippen LogP contribution in [0.25, 0.3) is 33.0 Å². The summed E-state index contributed by atoms with van der Waals surface area (Å²) >= 11 is 0. The second kappa shape index (κ2) is 12.8. The molecule has 0 aromatic heterocycles. The standard InChI is InChI=1S/C37H38F3NO5/c1-5-45-33(42)28-22-27-21-26(24-7-14-30(15-8-24)37(38,39)40)11-16-31(27)32(23-28)25-9-12-29(13-10-25)36(44)17-6-19-41(20-18-36)34(43)46-35(2,3)4/h7-16,21-23,44H,5-6,17-20H2,1-4H3. The molecule has 1 fully saturated rings. The van der Waals surface area contributed by atoms with E-state index in [1.54, 1.807) is 24.0 Å². The van der Waals surface area contributed by atoms with Crippen molar-refractivity contribution in [3.8, 4) is 22.3 Å². The molecule has 1 N–H and O–H groups in total. The van der Waals surface area contributed by atoms with Gasteiger partial charge in [-0.05, 0) is 116 Å². The average molecular weight is 634 g/mol. The summed E-state index contributed by atoms with van der Waals surface area (Å²) in [4.78, 5) is 27.1. The molecule has 1 aliphatic rings. The van der Waals surface area contributed by atoms with Crippen LogP contribution >= 0.6 is 0 Å². The number of benzene rings is 4. The van der Waals surface area contributed by atoms with Crippen LogP contribution in [0.4, 0.5) is 18.0 Å². The number of halogens is 3. The number of hydrogen-bond donors (Lipinski definition) is 1. The number of hydrogen-bond acceptors (Lipinski definition) is 5. The van der Waals surface area contributed by atoms with E-state index in [4.69, 9.17) is 9.47 Å². The third-order valence-corrected chi connectivity index (χ3v) is 8.21. The Labute approximate surface area is 266 Å². The maximum atomic E-state index is 13.1. The number of ether oxygens (including phenoxy) is 2. The van der Waals surface area contributed by atoms with Crippen molar-refractivity contribution in [3.05, 3.63) is 95.6 Å². The SMILES string of the molecule is CCOC(=O)c1cc(-c2ccc(C3(O)CCCN(C(=O)OC(C)(C)C)CC3)cc2)c2ccc(-c3ccc(C(F)(F)F)cc3)cc2c1. The average Bonchev–Trinajstić information content (AvgIpc) is 3.22. The summed E-state index contributed by atoms with van der Waals surface area (Å²) in [6.07, 6.45) is -3.35. The highest BCUT2D eigenvalue weighted by atomic mass is 19.4. The van der Waals surface area contributed by atoms with Gasteiger partial charge in [0.15, 0.2) is 0 Å². The largest absolute Gasteiger partial charge is 0.462 e. The molecule has 0 aliphatic carbocycles. The maximum absolute atomic E-state index is 13.1. The fourth-order valence-electron chi connectivity index (χ4n) is 5.85. The van der Waals surface area contributed by atoms with E-state index in [1.165, 1.54) is 12.1 Å². The van der Waals surface area contributed by atoms with Gasteiger partial charge in [-0.3, -0.25) is 0 Å². The second-order valence-corrected chi connectivity index (χ2v) is 12.7. The van der Waals surface area contributed by atoms with E-state index in [0.29, 0.717) is 49.0 Å². The van der Waals surface area contributed by atoms with Crippen LogP contribution < -0.4 is 0 Å². The molecule has 0 bridgehead atoms. The molecule has 1 unspecified atom stereocenters. The molecule has 1 aliphatic heterocycles. The van der Waals surface area contributed by atoms with Crippen LogP contribution in [0.15, 0.2) is 78.9 Å². The zero-order valence-corrected chi connectivity index (χ0v) is 26.4. The van der Waals surface area contributed by atoms with Crippen LogP contribution in [-0.2, 0) is 21.3 Å². The zero-order valence-electron chi connectivity index (χ0n) is 26.4. The molecular formula is C37H38F3NO5. The number of rotatable bonds is 5. The molecule has 1 amide bonds. The Hall–Kier alpha value is -4.37. The van der Waals surface area contributed by atoms with E-state index in [1.807, 2.05) is 63.2 Å². The van der Waals surface area contributed by atoms with E-state index in [2.05, 4.69) is 0 Å². The van der Waals surface area contributed by atoms with Gasteiger partial charge in [0.1, 0.15) is 5.60 Å². The summed E-state index contributed by atoms with van der Waals surface area (Å²) in [7, 11) is 0. The molecule has 4 aromatic rings. The molecule has 0 spiro atoms. The Balaban J connectivity index is 1.46. The lowest BCUT2D eigenvalue weighted by atomic mass is 9.85. The van der Waals surface area contributed by atoms with Crippen LogP contribution in [0.5, 0.6) is 0 Å². The summed E-state index contributed by atoms with van der Waals surface area (Å²) in [5, 5.41) is 13.2. The Kier molecular flexibility index (Phi) is 9.18. The lowest BCUT2D eigenvalue weighted by Crippen LogP contribution is -2.38. The van der Waals surface area contributed by atoms with Crippen LogP contribution in [0.3, 0.4) is 0 Å². The fourth-order valence-corrected chi connectivity index (χ4v) is 5.85. The van der Waals surface area contributed by atoms with Crippen molar-refractivity contribution in [2.45, 2.75) is 64.3 Å². The number of esters is 1. The molecule has 242 valence electrons. The third-order valence-electron chi connectivity index (χ3n) is 8.21. The Morgan fingerprint density at radius 1 is 0.848 bits per heavy atom. The van der Waals surface area contributed by atoms with Crippen LogP contribution in [-0.4, -0.2) is 47.4 Å². The van der Waals surface area contributed by atoms with Gasteiger partial charge in [0.25, 0.3) is 0 Å². The third kappa shape index (κ3) is 7.36. The number of alkyl halides is 3. The van der Waals surface area contributed by atoms with Crippen molar-refractivity contribution in [1.29, 1.82) is 0 Å². The Bertz CT molecular complexity index is 1730. The highest BCUT2D eigenvalue weighted by Crippen LogP contribution is 2.38. The number of nitrogens with zero attached hydrogens (tertiary/aromatic N) is 1. The van der Waals surface area contributed by atoms with Crippen molar-refractivity contribution in [1.82, 2.24) is 4.90 Å².